The lowest BCUT2D eigenvalue weighted by Crippen LogP contribution is -2.23. The van der Waals surface area contributed by atoms with E-state index in [2.05, 4.69) is 15.3 Å². The first-order chi connectivity index (χ1) is 10.1. The monoisotopic (exact) mass is 340 g/mol. The van der Waals surface area contributed by atoms with Crippen molar-refractivity contribution in [2.45, 2.75) is 0 Å². The smallest absolute Gasteiger partial charge is 0.199 e. The second-order valence-corrected chi connectivity index (χ2v) is 5.09. The number of rotatable bonds is 2. The highest BCUT2D eigenvalue weighted by Gasteiger charge is 2.06. The van der Waals surface area contributed by atoms with E-state index in [1.165, 1.54) is 0 Å². The molecule has 0 bridgehead atoms. The van der Waals surface area contributed by atoms with E-state index < -0.39 is 0 Å². The van der Waals surface area contributed by atoms with Crippen molar-refractivity contribution in [3.8, 4) is 0 Å². The Morgan fingerprint density at radius 1 is 1.19 bits per heavy atom. The number of hydroxylamine groups is 1. The van der Waals surface area contributed by atoms with Gasteiger partial charge in [0.15, 0.2) is 10.9 Å². The summed E-state index contributed by atoms with van der Waals surface area (Å²) in [5.41, 5.74) is 3.21. The summed E-state index contributed by atoms with van der Waals surface area (Å²) in [6.45, 7) is 0. The van der Waals surface area contributed by atoms with Crippen molar-refractivity contribution in [1.82, 2.24) is 10.5 Å². The molecule has 0 radical (unpaired) electrons. The van der Waals surface area contributed by atoms with E-state index >= 15 is 0 Å². The van der Waals surface area contributed by atoms with Gasteiger partial charge in [0.25, 0.3) is 0 Å². The van der Waals surface area contributed by atoms with Crippen LogP contribution in [0.2, 0.25) is 10.0 Å². The Morgan fingerprint density at radius 3 is 2.52 bits per heavy atom. The van der Waals surface area contributed by atoms with Gasteiger partial charge in [0.05, 0.1) is 10.7 Å². The van der Waals surface area contributed by atoms with Gasteiger partial charge in [-0.05, 0) is 42.5 Å². The number of nitrogens with one attached hydrogen (secondary N) is 2. The Kier molecular flexibility index (Phi) is 5.46. The molecule has 2 rings (SSSR count). The summed E-state index contributed by atoms with van der Waals surface area (Å²) in [5.74, 6) is 0.194. The average Bonchev–Trinajstić information content (AvgIpc) is 2.48. The lowest BCUT2D eigenvalue weighted by molar-refractivity contribution is 0.235. The maximum Gasteiger partial charge on any atom is 0.199 e. The van der Waals surface area contributed by atoms with E-state index in [4.69, 9.17) is 40.6 Å². The third-order valence-corrected chi connectivity index (χ3v) is 3.19. The first-order valence-corrected chi connectivity index (χ1v) is 6.92. The van der Waals surface area contributed by atoms with Gasteiger partial charge >= 0.3 is 0 Å². The van der Waals surface area contributed by atoms with Gasteiger partial charge in [0.1, 0.15) is 0 Å². The van der Waals surface area contributed by atoms with Crippen LogP contribution in [-0.4, -0.2) is 21.1 Å². The minimum absolute atomic E-state index is 0.132. The zero-order chi connectivity index (χ0) is 15.2. The molecule has 0 fully saturated rings. The molecule has 3 N–H and O–H groups in total. The predicted molar refractivity (Wildman–Crippen MR) is 88.4 cm³/mol. The van der Waals surface area contributed by atoms with Crippen LogP contribution in [0.3, 0.4) is 0 Å². The number of aliphatic imine (C=N–C) groups is 1. The second kappa shape index (κ2) is 7.33. The van der Waals surface area contributed by atoms with E-state index in [1.54, 1.807) is 42.7 Å². The molecule has 0 unspecified atom stereocenters. The summed E-state index contributed by atoms with van der Waals surface area (Å²) in [7, 11) is 0. The minimum atomic E-state index is 0.132. The van der Waals surface area contributed by atoms with Gasteiger partial charge in [-0.15, -0.1) is 0 Å². The Morgan fingerprint density at radius 2 is 1.90 bits per heavy atom. The van der Waals surface area contributed by atoms with Gasteiger partial charge in [-0.1, -0.05) is 23.2 Å². The number of thiocarbonyl (C=S) groups is 1. The summed E-state index contributed by atoms with van der Waals surface area (Å²) in [4.78, 5) is 7.97. The third-order valence-electron chi connectivity index (χ3n) is 2.45. The maximum atomic E-state index is 9.15. The number of nitrogens with zero attached hydrogens (tertiary/aromatic N) is 2. The number of anilines is 1. The molecule has 8 heteroatoms. The Bertz CT molecular complexity index is 679. The molecule has 5 nitrogen and oxygen atoms in total. The molecule has 0 aliphatic heterocycles. The van der Waals surface area contributed by atoms with Gasteiger partial charge in [-0.3, -0.25) is 15.7 Å². The number of amidine groups is 1. The highest BCUT2D eigenvalue weighted by atomic mass is 35.5. The lowest BCUT2D eigenvalue weighted by Gasteiger charge is -2.09. The summed E-state index contributed by atoms with van der Waals surface area (Å²) in [5, 5.41) is 13.1. The molecule has 0 aliphatic rings. The van der Waals surface area contributed by atoms with Crippen LogP contribution in [0.1, 0.15) is 5.56 Å². The SMILES string of the molecule is ON/C(=N\C(=S)Nc1ccc(Cl)cc1Cl)c1ccncc1. The van der Waals surface area contributed by atoms with Crippen molar-refractivity contribution in [2.24, 2.45) is 4.99 Å². The minimum Gasteiger partial charge on any atom is -0.330 e. The van der Waals surface area contributed by atoms with E-state index in [0.717, 1.165) is 0 Å². The standard InChI is InChI=1S/C13H10Cl2N4OS/c14-9-1-2-11(10(15)7-9)17-13(21)18-12(19-20)8-3-5-16-6-4-8/h1-7,20H,(H2,17,18,19,21). The number of aromatic nitrogens is 1. The lowest BCUT2D eigenvalue weighted by atomic mass is 10.2. The normalized spacial score (nSPS) is 11.1. The van der Waals surface area contributed by atoms with Crippen molar-refractivity contribution in [3.63, 3.8) is 0 Å². The van der Waals surface area contributed by atoms with Crippen molar-refractivity contribution < 1.29 is 5.21 Å². The van der Waals surface area contributed by atoms with Crippen molar-refractivity contribution in [2.75, 3.05) is 5.32 Å². The fourth-order valence-corrected chi connectivity index (χ4v) is 2.16. The van der Waals surface area contributed by atoms with E-state index in [-0.39, 0.29) is 10.9 Å². The highest BCUT2D eigenvalue weighted by molar-refractivity contribution is 7.80. The summed E-state index contributed by atoms with van der Waals surface area (Å²) < 4.78 is 0. The van der Waals surface area contributed by atoms with Gasteiger partial charge in [-0.25, -0.2) is 4.99 Å². The topological polar surface area (TPSA) is 69.5 Å². The van der Waals surface area contributed by atoms with Crippen molar-refractivity contribution in [1.29, 1.82) is 0 Å². The quantitative estimate of drug-likeness (QED) is 0.338. The van der Waals surface area contributed by atoms with Gasteiger partial charge in [0.2, 0.25) is 0 Å². The van der Waals surface area contributed by atoms with Gasteiger partial charge in [0, 0.05) is 23.0 Å². The molecular weight excluding hydrogens is 331 g/mol. The van der Waals surface area contributed by atoms with Crippen LogP contribution in [0.25, 0.3) is 0 Å². The molecule has 1 heterocycles. The molecule has 0 aliphatic carbocycles. The number of hydrogen-bond donors (Lipinski definition) is 3. The molecular formula is C13H10Cl2N4OS. The fourth-order valence-electron chi connectivity index (χ4n) is 1.50. The Hall–Kier alpha value is -1.73. The highest BCUT2D eigenvalue weighted by Crippen LogP contribution is 2.25. The molecule has 0 saturated heterocycles. The first-order valence-electron chi connectivity index (χ1n) is 5.75. The largest absolute Gasteiger partial charge is 0.330 e. The van der Waals surface area contributed by atoms with Crippen LogP contribution in [0.4, 0.5) is 5.69 Å². The van der Waals surface area contributed by atoms with Crippen LogP contribution in [-0.2, 0) is 0 Å². The number of halogens is 2. The van der Waals surface area contributed by atoms with Crippen LogP contribution in [0.5, 0.6) is 0 Å². The van der Waals surface area contributed by atoms with Crippen molar-refractivity contribution >= 4 is 52.1 Å². The Balaban J connectivity index is 2.18. The predicted octanol–water partition coefficient (Wildman–Crippen LogP) is 3.51. The molecule has 2 aromatic rings. The molecule has 0 atom stereocenters. The molecule has 1 aromatic heterocycles. The maximum absolute atomic E-state index is 9.15. The summed E-state index contributed by atoms with van der Waals surface area (Å²) in [6, 6.07) is 8.31. The molecule has 1 aromatic carbocycles. The molecule has 108 valence electrons. The van der Waals surface area contributed by atoms with Crippen molar-refractivity contribution in [3.05, 3.63) is 58.3 Å². The van der Waals surface area contributed by atoms with Gasteiger partial charge < -0.3 is 5.32 Å². The fraction of sp³-hybridized carbons (Fsp3) is 0. The second-order valence-electron chi connectivity index (χ2n) is 3.86. The van der Waals surface area contributed by atoms with Crippen LogP contribution < -0.4 is 10.8 Å². The first kappa shape index (κ1) is 15.7. The number of benzene rings is 1. The van der Waals surface area contributed by atoms with Crippen LogP contribution in [0, 0.1) is 0 Å². The zero-order valence-corrected chi connectivity index (χ0v) is 12.9. The molecule has 0 saturated carbocycles. The summed E-state index contributed by atoms with van der Waals surface area (Å²) >= 11 is 17.0. The van der Waals surface area contributed by atoms with Crippen LogP contribution >= 0.6 is 35.4 Å². The number of hydrogen-bond acceptors (Lipinski definition) is 3. The van der Waals surface area contributed by atoms with Crippen LogP contribution in [0.15, 0.2) is 47.7 Å². The van der Waals surface area contributed by atoms with E-state index in [0.29, 0.717) is 21.3 Å². The van der Waals surface area contributed by atoms with Gasteiger partial charge in [-0.2, -0.15) is 0 Å². The molecule has 0 spiro atoms. The summed E-state index contributed by atoms with van der Waals surface area (Å²) in [6.07, 6.45) is 3.16. The zero-order valence-electron chi connectivity index (χ0n) is 10.5. The number of pyridine rings is 1. The average molecular weight is 341 g/mol. The molecule has 21 heavy (non-hydrogen) atoms. The van der Waals surface area contributed by atoms with E-state index in [9.17, 15) is 0 Å². The Labute approximate surface area is 136 Å². The molecule has 0 amide bonds. The third kappa shape index (κ3) is 4.37. The van der Waals surface area contributed by atoms with E-state index in [1.807, 2.05) is 5.48 Å².